The maximum absolute atomic E-state index is 13.5. The molecule has 1 aliphatic rings. The number of carbonyl (C=O) groups is 2. The van der Waals surface area contributed by atoms with Crippen molar-refractivity contribution < 1.29 is 14.3 Å². The molecule has 2 aromatic carbocycles. The summed E-state index contributed by atoms with van der Waals surface area (Å²) in [4.78, 5) is 34.9. The summed E-state index contributed by atoms with van der Waals surface area (Å²) in [6.45, 7) is 6.18. The number of amides is 2. The Morgan fingerprint density at radius 3 is 2.29 bits per heavy atom. The summed E-state index contributed by atoms with van der Waals surface area (Å²) in [7, 11) is 0. The van der Waals surface area contributed by atoms with Crippen molar-refractivity contribution in [3.8, 4) is 0 Å². The van der Waals surface area contributed by atoms with E-state index in [1.807, 2.05) is 98.5 Å². The minimum atomic E-state index is -0.667. The van der Waals surface area contributed by atoms with Gasteiger partial charge in [0, 0.05) is 23.9 Å². The minimum Gasteiger partial charge on any atom is -0.443 e. The Morgan fingerprint density at radius 1 is 0.941 bits per heavy atom. The Labute approximate surface area is 201 Å². The van der Waals surface area contributed by atoms with E-state index in [-0.39, 0.29) is 11.9 Å². The van der Waals surface area contributed by atoms with Gasteiger partial charge in [-0.2, -0.15) is 0 Å². The SMILES string of the molecule is CC(C)(C)OC(=O)N(c1ccccc1)c1ncccc1[C@@H]1CCCCN1C(=O)c1ccccc1. The third kappa shape index (κ3) is 5.28. The molecule has 34 heavy (non-hydrogen) atoms. The highest BCUT2D eigenvalue weighted by Gasteiger charge is 2.34. The van der Waals surface area contributed by atoms with Gasteiger partial charge in [-0.25, -0.2) is 14.7 Å². The van der Waals surface area contributed by atoms with Crippen LogP contribution in [0.5, 0.6) is 0 Å². The van der Waals surface area contributed by atoms with Gasteiger partial charge in [0.05, 0.1) is 11.7 Å². The standard InChI is InChI=1S/C28H31N3O3/c1-28(2,3)34-27(33)31(22-15-8-5-9-16-22)25-23(17-12-19-29-25)24-18-10-11-20-30(24)26(32)21-13-6-4-7-14-21/h4-9,12-17,19,24H,10-11,18,20H2,1-3H3/t24-/m0/s1. The number of pyridine rings is 1. The van der Waals surface area contributed by atoms with Crippen LogP contribution in [0.3, 0.4) is 0 Å². The summed E-state index contributed by atoms with van der Waals surface area (Å²) < 4.78 is 5.76. The fraction of sp³-hybridized carbons (Fsp3) is 0.321. The highest BCUT2D eigenvalue weighted by atomic mass is 16.6. The second-order valence-corrected chi connectivity index (χ2v) is 9.44. The molecule has 6 nitrogen and oxygen atoms in total. The molecule has 1 aliphatic heterocycles. The summed E-state index contributed by atoms with van der Waals surface area (Å²) in [6.07, 6.45) is 3.91. The number of aromatic nitrogens is 1. The number of rotatable bonds is 4. The zero-order chi connectivity index (χ0) is 24.1. The van der Waals surface area contributed by atoms with Crippen molar-refractivity contribution in [2.24, 2.45) is 0 Å². The number of carbonyl (C=O) groups excluding carboxylic acids is 2. The number of likely N-dealkylation sites (tertiary alicyclic amines) is 1. The van der Waals surface area contributed by atoms with Crippen LogP contribution in [-0.4, -0.2) is 34.0 Å². The summed E-state index contributed by atoms with van der Waals surface area (Å²) in [5, 5.41) is 0. The van der Waals surface area contributed by atoms with Crippen LogP contribution in [0, 0.1) is 0 Å². The Bertz CT molecular complexity index is 1130. The average Bonchev–Trinajstić information content (AvgIpc) is 2.84. The van der Waals surface area contributed by atoms with Crippen molar-refractivity contribution >= 4 is 23.5 Å². The molecule has 0 saturated carbocycles. The lowest BCUT2D eigenvalue weighted by molar-refractivity contribution is 0.0596. The van der Waals surface area contributed by atoms with E-state index in [1.165, 1.54) is 4.90 Å². The van der Waals surface area contributed by atoms with Gasteiger partial charge in [0.15, 0.2) is 0 Å². The zero-order valence-corrected chi connectivity index (χ0v) is 20.0. The Kier molecular flexibility index (Phi) is 6.96. The van der Waals surface area contributed by atoms with E-state index in [0.717, 1.165) is 24.8 Å². The summed E-state index contributed by atoms with van der Waals surface area (Å²) in [5.41, 5.74) is 1.49. The molecule has 6 heteroatoms. The van der Waals surface area contributed by atoms with Gasteiger partial charge < -0.3 is 9.64 Å². The lowest BCUT2D eigenvalue weighted by Crippen LogP contribution is -2.40. The van der Waals surface area contributed by atoms with Gasteiger partial charge in [-0.05, 0) is 70.4 Å². The summed E-state index contributed by atoms with van der Waals surface area (Å²) >= 11 is 0. The molecule has 4 rings (SSSR count). The number of nitrogens with zero attached hydrogens (tertiary/aromatic N) is 3. The smallest absolute Gasteiger partial charge is 0.420 e. The average molecular weight is 458 g/mol. The molecule has 1 fully saturated rings. The molecule has 0 radical (unpaired) electrons. The third-order valence-corrected chi connectivity index (χ3v) is 5.76. The molecule has 2 amide bonds. The number of para-hydroxylation sites is 1. The van der Waals surface area contributed by atoms with Crippen molar-refractivity contribution in [1.82, 2.24) is 9.88 Å². The highest BCUT2D eigenvalue weighted by molar-refractivity contribution is 5.97. The van der Waals surface area contributed by atoms with Gasteiger partial charge >= 0.3 is 6.09 Å². The first-order valence-corrected chi connectivity index (χ1v) is 11.7. The lowest BCUT2D eigenvalue weighted by atomic mass is 9.94. The molecule has 1 atom stereocenters. The van der Waals surface area contributed by atoms with Crippen molar-refractivity contribution in [2.45, 2.75) is 51.7 Å². The number of ether oxygens (including phenoxy) is 1. The van der Waals surface area contributed by atoms with E-state index in [2.05, 4.69) is 4.98 Å². The van der Waals surface area contributed by atoms with Crippen LogP contribution in [0.25, 0.3) is 0 Å². The van der Waals surface area contributed by atoms with Crippen LogP contribution >= 0.6 is 0 Å². The molecule has 0 spiro atoms. The lowest BCUT2D eigenvalue weighted by Gasteiger charge is -2.38. The molecule has 0 bridgehead atoms. The second kappa shape index (κ2) is 10.1. The maximum atomic E-state index is 13.5. The van der Waals surface area contributed by atoms with Gasteiger partial charge in [-0.3, -0.25) is 4.79 Å². The fourth-order valence-corrected chi connectivity index (χ4v) is 4.30. The normalized spacial score (nSPS) is 16.1. The number of hydrogen-bond acceptors (Lipinski definition) is 4. The van der Waals surface area contributed by atoms with E-state index in [0.29, 0.717) is 23.6 Å². The van der Waals surface area contributed by atoms with Crippen LogP contribution in [0.1, 0.15) is 62.0 Å². The summed E-state index contributed by atoms with van der Waals surface area (Å²) in [6, 6.07) is 22.3. The molecule has 0 aliphatic carbocycles. The zero-order valence-electron chi connectivity index (χ0n) is 20.0. The first-order chi connectivity index (χ1) is 16.3. The highest BCUT2D eigenvalue weighted by Crippen LogP contribution is 2.39. The van der Waals surface area contributed by atoms with E-state index >= 15 is 0 Å². The number of benzene rings is 2. The quantitative estimate of drug-likeness (QED) is 0.447. The number of anilines is 2. The van der Waals surface area contributed by atoms with Gasteiger partial charge in [0.2, 0.25) is 0 Å². The largest absolute Gasteiger partial charge is 0.443 e. The molecular formula is C28H31N3O3. The maximum Gasteiger partial charge on any atom is 0.420 e. The fourth-order valence-electron chi connectivity index (χ4n) is 4.30. The Balaban J connectivity index is 1.77. The molecule has 2 heterocycles. The van der Waals surface area contributed by atoms with E-state index in [4.69, 9.17) is 4.74 Å². The van der Waals surface area contributed by atoms with Crippen LogP contribution in [0.2, 0.25) is 0 Å². The van der Waals surface area contributed by atoms with E-state index in [1.54, 1.807) is 6.20 Å². The molecular weight excluding hydrogens is 426 g/mol. The topological polar surface area (TPSA) is 62.7 Å². The Morgan fingerprint density at radius 2 is 1.62 bits per heavy atom. The molecule has 0 unspecified atom stereocenters. The molecule has 176 valence electrons. The van der Waals surface area contributed by atoms with Crippen LogP contribution < -0.4 is 4.90 Å². The molecule has 1 saturated heterocycles. The van der Waals surface area contributed by atoms with Gasteiger partial charge in [-0.15, -0.1) is 0 Å². The van der Waals surface area contributed by atoms with Crippen molar-refractivity contribution in [3.63, 3.8) is 0 Å². The number of hydrogen-bond donors (Lipinski definition) is 0. The Hall–Kier alpha value is -3.67. The first kappa shape index (κ1) is 23.5. The minimum absolute atomic E-state index is 0.0105. The van der Waals surface area contributed by atoms with Crippen LogP contribution in [-0.2, 0) is 4.74 Å². The predicted molar refractivity (Wildman–Crippen MR) is 133 cm³/mol. The van der Waals surface area contributed by atoms with E-state index < -0.39 is 11.7 Å². The van der Waals surface area contributed by atoms with Gasteiger partial charge in [0.1, 0.15) is 11.4 Å². The second-order valence-electron chi connectivity index (χ2n) is 9.44. The third-order valence-electron chi connectivity index (χ3n) is 5.76. The van der Waals surface area contributed by atoms with Crippen molar-refractivity contribution in [1.29, 1.82) is 0 Å². The van der Waals surface area contributed by atoms with Crippen molar-refractivity contribution in [2.75, 3.05) is 11.4 Å². The predicted octanol–water partition coefficient (Wildman–Crippen LogP) is 6.52. The number of piperidine rings is 1. The van der Waals surface area contributed by atoms with Crippen LogP contribution in [0.15, 0.2) is 79.0 Å². The first-order valence-electron chi connectivity index (χ1n) is 11.7. The van der Waals surface area contributed by atoms with Gasteiger partial charge in [-0.1, -0.05) is 42.5 Å². The van der Waals surface area contributed by atoms with E-state index in [9.17, 15) is 9.59 Å². The molecule has 3 aromatic rings. The molecule has 0 N–H and O–H groups in total. The monoisotopic (exact) mass is 457 g/mol. The molecule has 1 aromatic heterocycles. The summed E-state index contributed by atoms with van der Waals surface area (Å²) in [5.74, 6) is 0.476. The van der Waals surface area contributed by atoms with Crippen molar-refractivity contribution in [3.05, 3.63) is 90.1 Å². The van der Waals surface area contributed by atoms with Crippen LogP contribution in [0.4, 0.5) is 16.3 Å². The van der Waals surface area contributed by atoms with Gasteiger partial charge in [0.25, 0.3) is 5.91 Å².